The molecule has 2 fully saturated rings. The largest absolute Gasteiger partial charge is 0.483 e. The summed E-state index contributed by atoms with van der Waals surface area (Å²) in [6.45, 7) is 21.9. The van der Waals surface area contributed by atoms with Crippen molar-refractivity contribution in [1.29, 1.82) is 0 Å². The van der Waals surface area contributed by atoms with Crippen LogP contribution in [0.5, 0.6) is 11.5 Å². The number of hydrogen-bond donors (Lipinski definition) is 3. The van der Waals surface area contributed by atoms with Gasteiger partial charge in [-0.1, -0.05) is 13.8 Å². The van der Waals surface area contributed by atoms with Gasteiger partial charge >= 0.3 is 6.09 Å². The maximum atomic E-state index is 12.5. The normalized spacial score (nSPS) is 22.0. The van der Waals surface area contributed by atoms with Crippen LogP contribution in [0.15, 0.2) is 46.9 Å². The van der Waals surface area contributed by atoms with Gasteiger partial charge in [-0.3, -0.25) is 9.59 Å². The van der Waals surface area contributed by atoms with Gasteiger partial charge in [0.25, 0.3) is 11.8 Å². The van der Waals surface area contributed by atoms with Crippen molar-refractivity contribution in [2.45, 2.75) is 104 Å². The van der Waals surface area contributed by atoms with E-state index < -0.39 is 5.60 Å². The van der Waals surface area contributed by atoms with Gasteiger partial charge in [0.2, 0.25) is 0 Å². The van der Waals surface area contributed by atoms with Crippen LogP contribution in [-0.4, -0.2) is 101 Å². The number of amidine groups is 2. The van der Waals surface area contributed by atoms with Crippen LogP contribution >= 0.6 is 12.4 Å². The van der Waals surface area contributed by atoms with Gasteiger partial charge in [-0.15, -0.1) is 12.4 Å². The van der Waals surface area contributed by atoms with Gasteiger partial charge in [-0.2, -0.15) is 10.2 Å². The molecular weight excluding hydrogens is 788 g/mol. The number of hydrazone groups is 2. The highest BCUT2D eigenvalue weighted by Crippen LogP contribution is 2.44. The van der Waals surface area contributed by atoms with Crippen LogP contribution in [0.4, 0.5) is 16.2 Å². The summed E-state index contributed by atoms with van der Waals surface area (Å²) in [4.78, 5) is 42.7. The Morgan fingerprint density at radius 1 is 0.783 bits per heavy atom. The molecule has 16 nitrogen and oxygen atoms in total. The summed E-state index contributed by atoms with van der Waals surface area (Å²) in [5, 5.41) is 14.1. The second kappa shape index (κ2) is 14.6. The van der Waals surface area contributed by atoms with E-state index in [1.807, 2.05) is 44.4 Å². The van der Waals surface area contributed by atoms with Crippen molar-refractivity contribution in [3.05, 3.63) is 47.8 Å². The number of nitrogens with one attached hydrogen (secondary N) is 3. The summed E-state index contributed by atoms with van der Waals surface area (Å²) in [5.74, 6) is 2.77. The summed E-state index contributed by atoms with van der Waals surface area (Å²) in [6, 6.07) is 7.77. The number of benzene rings is 2. The molecule has 0 bridgehead atoms. The first-order chi connectivity index (χ1) is 28.0. The lowest BCUT2D eigenvalue weighted by atomic mass is 9.92. The monoisotopic (exact) mass is 842 g/mol. The summed E-state index contributed by atoms with van der Waals surface area (Å²) < 4.78 is 22.2. The third-order valence-corrected chi connectivity index (χ3v) is 12.5. The summed E-state index contributed by atoms with van der Waals surface area (Å²) in [7, 11) is 0. The molecule has 10 rings (SSSR count). The van der Waals surface area contributed by atoms with Crippen molar-refractivity contribution in [3.63, 3.8) is 0 Å². The Labute approximate surface area is 355 Å². The van der Waals surface area contributed by atoms with E-state index in [9.17, 15) is 14.4 Å². The standard InChI is InChI=1S/C24H31N5O4.C19H23N5O2.ClH/c1-7-15-10-28(24(6)12-27(13-24)22(31)33-23(3,4)5)17-9-18-19(8-16(15)17)32-11-20-25-26-21(30)14(2)29(18)20;1-4-12-7-23(19(3)9-20-10-19)14-6-15-16(5-13(12)14)26-8-17-21-22-18(25)11(2)24(15)17;/h8-10,14H,7,11-13H2,1-6H3,(H,26,30);5-7,11,20H,4,8-10H2,1-3H3,(H,22,25);1H/t14-;11-;/m11./s1. The number of ether oxygens (including phenoxy) is 3. The van der Waals surface area contributed by atoms with Crippen LogP contribution in [0.25, 0.3) is 21.8 Å². The van der Waals surface area contributed by atoms with Gasteiger partial charge in [-0.05, 0) is 96.7 Å². The molecule has 0 unspecified atom stereocenters. The van der Waals surface area contributed by atoms with Crippen LogP contribution < -0.4 is 35.4 Å². The maximum absolute atomic E-state index is 12.5. The average molecular weight is 843 g/mol. The zero-order valence-electron chi connectivity index (χ0n) is 35.8. The fourth-order valence-corrected chi connectivity index (χ4v) is 9.12. The minimum atomic E-state index is -0.519. The number of aromatic nitrogens is 2. The van der Waals surface area contributed by atoms with Crippen LogP contribution in [-0.2, 0) is 38.2 Å². The average Bonchev–Trinajstić information content (AvgIpc) is 3.73. The lowest BCUT2D eigenvalue weighted by Crippen LogP contribution is -2.63. The predicted octanol–water partition coefficient (Wildman–Crippen LogP) is 5.17. The summed E-state index contributed by atoms with van der Waals surface area (Å²) in [6.07, 6.45) is 6.03. The Kier molecular flexibility index (Phi) is 10.0. The van der Waals surface area contributed by atoms with E-state index in [2.05, 4.69) is 99.9 Å². The van der Waals surface area contributed by atoms with Crippen molar-refractivity contribution in [2.75, 3.05) is 49.2 Å². The second-order valence-electron chi connectivity index (χ2n) is 18.0. The molecule has 2 saturated heterocycles. The summed E-state index contributed by atoms with van der Waals surface area (Å²) >= 11 is 0. The Morgan fingerprint density at radius 2 is 1.23 bits per heavy atom. The molecule has 3 N–H and O–H groups in total. The van der Waals surface area contributed by atoms with Crippen LogP contribution in [0.2, 0.25) is 0 Å². The van der Waals surface area contributed by atoms with Gasteiger partial charge in [0.15, 0.2) is 11.7 Å². The number of nitrogens with zero attached hydrogens (tertiary/aromatic N) is 7. The molecular formula is C43H55ClN10O6. The molecule has 4 aromatic rings. The van der Waals surface area contributed by atoms with E-state index in [0.29, 0.717) is 32.1 Å². The van der Waals surface area contributed by atoms with E-state index in [0.717, 1.165) is 65.5 Å². The number of hydrogen-bond acceptors (Lipinski definition) is 11. The third-order valence-electron chi connectivity index (χ3n) is 12.5. The molecule has 320 valence electrons. The molecule has 0 aliphatic carbocycles. The Bertz CT molecular complexity index is 2490. The van der Waals surface area contributed by atoms with Gasteiger partial charge in [-0.25, -0.2) is 15.6 Å². The molecule has 0 saturated carbocycles. The minimum Gasteiger partial charge on any atom is -0.483 e. The second-order valence-corrected chi connectivity index (χ2v) is 18.0. The predicted molar refractivity (Wildman–Crippen MR) is 234 cm³/mol. The molecule has 0 spiro atoms. The first-order valence-corrected chi connectivity index (χ1v) is 20.6. The van der Waals surface area contributed by atoms with Crippen molar-refractivity contribution in [3.8, 4) is 11.5 Å². The van der Waals surface area contributed by atoms with Crippen LogP contribution in [0.3, 0.4) is 0 Å². The number of anilines is 2. The van der Waals surface area contributed by atoms with Gasteiger partial charge in [0.05, 0.1) is 33.5 Å². The Balaban J connectivity index is 0.000000168. The number of aryl methyl sites for hydroxylation is 2. The van der Waals surface area contributed by atoms with Gasteiger partial charge < -0.3 is 43.4 Å². The number of halogens is 1. The Hall–Kier alpha value is -5.48. The van der Waals surface area contributed by atoms with Crippen LogP contribution in [0.1, 0.15) is 73.4 Å². The highest BCUT2D eigenvalue weighted by molar-refractivity contribution is 6.11. The van der Waals surface area contributed by atoms with Crippen molar-refractivity contribution in [2.24, 2.45) is 10.2 Å². The number of carbonyl (C=O) groups excluding carboxylic acids is 3. The number of amides is 3. The minimum absolute atomic E-state index is 0. The van der Waals surface area contributed by atoms with Crippen LogP contribution in [0, 0.1) is 0 Å². The lowest BCUT2D eigenvalue weighted by molar-refractivity contribution is -0.123. The van der Waals surface area contributed by atoms with Crippen molar-refractivity contribution >= 4 is 75.2 Å². The lowest BCUT2D eigenvalue weighted by Gasteiger charge is -2.49. The molecule has 2 aromatic carbocycles. The van der Waals surface area contributed by atoms with E-state index in [-0.39, 0.29) is 53.5 Å². The van der Waals surface area contributed by atoms with Gasteiger partial charge in [0, 0.05) is 49.3 Å². The van der Waals surface area contributed by atoms with Crippen molar-refractivity contribution < 1.29 is 28.6 Å². The highest BCUT2D eigenvalue weighted by atomic mass is 35.5. The first kappa shape index (κ1) is 41.3. The number of rotatable bonds is 4. The Morgan fingerprint density at radius 3 is 1.63 bits per heavy atom. The number of likely N-dealkylation sites (tertiary alicyclic amines) is 1. The first-order valence-electron chi connectivity index (χ1n) is 20.6. The zero-order chi connectivity index (χ0) is 41.8. The molecule has 17 heteroatoms. The molecule has 0 radical (unpaired) electrons. The quantitative estimate of drug-likeness (QED) is 0.252. The fourth-order valence-electron chi connectivity index (χ4n) is 9.12. The maximum Gasteiger partial charge on any atom is 0.410 e. The molecule has 2 atom stereocenters. The van der Waals surface area contributed by atoms with E-state index in [1.165, 1.54) is 22.0 Å². The molecule has 8 heterocycles. The summed E-state index contributed by atoms with van der Waals surface area (Å²) in [5.41, 5.74) is 11.0. The molecule has 3 amide bonds. The number of carbonyl (C=O) groups is 3. The SMILES string of the molecule is CCc1cn(C2(C)CN(C(=O)OC(C)(C)C)C2)c2cc3c(cc12)OCC1=NNC(=O)[C@@H](C)N13.CCc1cn(C2(C)CNC2)c2cc3c(cc12)OCC1=NNC(=O)[C@@H](C)N13.Cl. The highest BCUT2D eigenvalue weighted by Gasteiger charge is 2.46. The van der Waals surface area contributed by atoms with E-state index in [4.69, 9.17) is 14.2 Å². The third kappa shape index (κ3) is 6.58. The van der Waals surface area contributed by atoms with Crippen molar-refractivity contribution in [1.82, 2.24) is 30.2 Å². The molecule has 6 aliphatic heterocycles. The smallest absolute Gasteiger partial charge is 0.410 e. The molecule has 2 aromatic heterocycles. The topological polar surface area (TPSA) is 159 Å². The number of fused-ring (bicyclic) bond motifs is 8. The fraction of sp³-hybridized carbons (Fsp3) is 0.512. The molecule has 60 heavy (non-hydrogen) atoms. The van der Waals surface area contributed by atoms with E-state index in [1.54, 1.807) is 4.90 Å². The van der Waals surface area contributed by atoms with E-state index >= 15 is 0 Å². The molecule has 6 aliphatic rings. The van der Waals surface area contributed by atoms with Gasteiger partial charge in [0.1, 0.15) is 42.4 Å². The zero-order valence-corrected chi connectivity index (χ0v) is 36.6.